The quantitative estimate of drug-likeness (QED) is 0.430. The fourth-order valence-electron chi connectivity index (χ4n) is 2.82. The molecule has 0 aliphatic heterocycles. The van der Waals surface area contributed by atoms with Crippen LogP contribution in [0.3, 0.4) is 0 Å². The molecule has 2 heterocycles. The van der Waals surface area contributed by atoms with Gasteiger partial charge in [-0.3, -0.25) is 9.36 Å². The Balaban J connectivity index is 1.57. The fourth-order valence-corrected chi connectivity index (χ4v) is 3.69. The highest BCUT2D eigenvalue weighted by atomic mass is 35.5. The lowest BCUT2D eigenvalue weighted by Gasteiger charge is -2.10. The summed E-state index contributed by atoms with van der Waals surface area (Å²) < 4.78 is 1.96. The number of hydrogen-bond donors (Lipinski definition) is 1. The van der Waals surface area contributed by atoms with Crippen LogP contribution in [-0.4, -0.2) is 31.4 Å². The first-order valence-corrected chi connectivity index (χ1v) is 10.6. The van der Waals surface area contributed by atoms with Crippen molar-refractivity contribution in [3.63, 3.8) is 0 Å². The first kappa shape index (κ1) is 20.1. The maximum atomic E-state index is 12.4. The van der Waals surface area contributed by atoms with E-state index in [2.05, 4.69) is 20.5 Å². The van der Waals surface area contributed by atoms with Crippen molar-refractivity contribution in [2.45, 2.75) is 12.1 Å². The van der Waals surface area contributed by atoms with Gasteiger partial charge in [-0.1, -0.05) is 71.4 Å². The van der Waals surface area contributed by atoms with Gasteiger partial charge in [-0.05, 0) is 31.2 Å². The molecule has 0 atom stereocenters. The first-order chi connectivity index (χ1) is 14.6. The van der Waals surface area contributed by atoms with Crippen LogP contribution in [0.15, 0.2) is 78.1 Å². The summed E-state index contributed by atoms with van der Waals surface area (Å²) in [7, 11) is 0. The second kappa shape index (κ2) is 9.11. The molecule has 6 nitrogen and oxygen atoms in total. The van der Waals surface area contributed by atoms with Crippen molar-refractivity contribution in [1.82, 2.24) is 19.7 Å². The van der Waals surface area contributed by atoms with E-state index in [1.165, 1.54) is 23.5 Å². The number of para-hydroxylation sites is 1. The lowest BCUT2D eigenvalue weighted by atomic mass is 10.1. The average molecular weight is 436 g/mol. The molecule has 0 fully saturated rings. The number of aryl methyl sites for hydroxylation is 1. The number of rotatable bonds is 6. The molecular weight excluding hydrogens is 418 g/mol. The maximum absolute atomic E-state index is 12.4. The summed E-state index contributed by atoms with van der Waals surface area (Å²) in [6.07, 6.45) is 1.49. The molecule has 1 N–H and O–H groups in total. The number of pyridine rings is 1. The Bertz CT molecular complexity index is 1140. The van der Waals surface area contributed by atoms with Crippen molar-refractivity contribution in [1.29, 1.82) is 0 Å². The summed E-state index contributed by atoms with van der Waals surface area (Å²) in [6.45, 7) is 2.04. The van der Waals surface area contributed by atoms with Gasteiger partial charge in [0.2, 0.25) is 5.91 Å². The second-order valence-corrected chi connectivity index (χ2v) is 7.92. The van der Waals surface area contributed by atoms with Gasteiger partial charge in [0.15, 0.2) is 11.0 Å². The van der Waals surface area contributed by atoms with E-state index in [9.17, 15) is 4.79 Å². The summed E-state index contributed by atoms with van der Waals surface area (Å²) in [5, 5.41) is 12.6. The lowest BCUT2D eigenvalue weighted by molar-refractivity contribution is -0.113. The largest absolute Gasteiger partial charge is 0.310 e. The highest BCUT2D eigenvalue weighted by Gasteiger charge is 2.17. The zero-order chi connectivity index (χ0) is 20.9. The molecule has 30 heavy (non-hydrogen) atoms. The topological polar surface area (TPSA) is 72.7 Å². The van der Waals surface area contributed by atoms with Crippen LogP contribution in [-0.2, 0) is 4.79 Å². The third-order valence-electron chi connectivity index (χ3n) is 4.28. The van der Waals surface area contributed by atoms with Gasteiger partial charge in [0.05, 0.1) is 10.8 Å². The van der Waals surface area contributed by atoms with Gasteiger partial charge in [-0.15, -0.1) is 10.2 Å². The summed E-state index contributed by atoms with van der Waals surface area (Å²) in [6, 6.07) is 21.3. The van der Waals surface area contributed by atoms with Crippen molar-refractivity contribution >= 4 is 35.1 Å². The number of benzene rings is 2. The smallest absolute Gasteiger partial charge is 0.236 e. The Labute approximate surface area is 183 Å². The highest BCUT2D eigenvalue weighted by Crippen LogP contribution is 2.28. The number of anilines is 1. The van der Waals surface area contributed by atoms with Crippen LogP contribution in [0.4, 0.5) is 5.82 Å². The standard InChI is InChI=1S/C22H18ClN5OS/c1-15-7-9-16(10-8-15)21-26-27-22(28(21)18-5-3-2-4-6-18)30-14-20(29)25-19-12-11-17(23)13-24-19/h2-13H,14H2,1H3,(H,24,25,29). The normalized spacial score (nSPS) is 10.7. The highest BCUT2D eigenvalue weighted by molar-refractivity contribution is 7.99. The molecule has 0 aliphatic rings. The van der Waals surface area contributed by atoms with Crippen LogP contribution < -0.4 is 5.32 Å². The molecule has 0 bridgehead atoms. The molecule has 0 aliphatic carbocycles. The molecule has 1 amide bonds. The van der Waals surface area contributed by atoms with Gasteiger partial charge in [0, 0.05) is 17.4 Å². The number of nitrogens with zero attached hydrogens (tertiary/aromatic N) is 4. The Kier molecular flexibility index (Phi) is 6.11. The zero-order valence-corrected chi connectivity index (χ0v) is 17.7. The first-order valence-electron chi connectivity index (χ1n) is 9.22. The van der Waals surface area contributed by atoms with Crippen LogP contribution in [0.25, 0.3) is 17.1 Å². The number of halogens is 1. The molecule has 0 spiro atoms. The summed E-state index contributed by atoms with van der Waals surface area (Å²) in [5.41, 5.74) is 3.06. The summed E-state index contributed by atoms with van der Waals surface area (Å²) >= 11 is 7.14. The Morgan fingerprint density at radius 3 is 2.50 bits per heavy atom. The molecule has 0 saturated heterocycles. The number of hydrogen-bond acceptors (Lipinski definition) is 5. The lowest BCUT2D eigenvalue weighted by Crippen LogP contribution is -2.15. The van der Waals surface area contributed by atoms with E-state index < -0.39 is 0 Å². The Morgan fingerprint density at radius 1 is 1.03 bits per heavy atom. The minimum Gasteiger partial charge on any atom is -0.310 e. The third kappa shape index (κ3) is 4.69. The molecule has 4 aromatic rings. The van der Waals surface area contributed by atoms with Gasteiger partial charge in [0.25, 0.3) is 0 Å². The summed E-state index contributed by atoms with van der Waals surface area (Å²) in [5.74, 6) is 1.16. The van der Waals surface area contributed by atoms with E-state index in [4.69, 9.17) is 11.6 Å². The van der Waals surface area contributed by atoms with Crippen LogP contribution >= 0.6 is 23.4 Å². The van der Waals surface area contributed by atoms with E-state index in [-0.39, 0.29) is 11.7 Å². The van der Waals surface area contributed by atoms with Gasteiger partial charge >= 0.3 is 0 Å². The van der Waals surface area contributed by atoms with Gasteiger partial charge < -0.3 is 5.32 Å². The minimum atomic E-state index is -0.186. The van der Waals surface area contributed by atoms with E-state index in [1.54, 1.807) is 12.1 Å². The van der Waals surface area contributed by atoms with Crippen molar-refractivity contribution in [3.8, 4) is 17.1 Å². The van der Waals surface area contributed by atoms with Crippen LogP contribution in [0, 0.1) is 6.92 Å². The van der Waals surface area contributed by atoms with Crippen molar-refractivity contribution in [3.05, 3.63) is 83.5 Å². The van der Waals surface area contributed by atoms with Crippen LogP contribution in [0.1, 0.15) is 5.56 Å². The van der Waals surface area contributed by atoms with E-state index in [0.717, 1.165) is 17.1 Å². The van der Waals surface area contributed by atoms with Crippen molar-refractivity contribution < 1.29 is 4.79 Å². The molecule has 150 valence electrons. The minimum absolute atomic E-state index is 0.170. The van der Waals surface area contributed by atoms with Gasteiger partial charge in [-0.2, -0.15) is 0 Å². The molecule has 4 rings (SSSR count). The number of thioether (sulfide) groups is 1. The number of amides is 1. The third-order valence-corrected chi connectivity index (χ3v) is 5.44. The van der Waals surface area contributed by atoms with Crippen LogP contribution in [0.5, 0.6) is 0 Å². The zero-order valence-electron chi connectivity index (χ0n) is 16.1. The van der Waals surface area contributed by atoms with Crippen LogP contribution in [0.2, 0.25) is 5.02 Å². The van der Waals surface area contributed by atoms with Gasteiger partial charge in [0.1, 0.15) is 5.82 Å². The predicted octanol–water partition coefficient (Wildman–Crippen LogP) is 5.02. The average Bonchev–Trinajstić information content (AvgIpc) is 3.19. The van der Waals surface area contributed by atoms with Crippen molar-refractivity contribution in [2.75, 3.05) is 11.1 Å². The second-order valence-electron chi connectivity index (χ2n) is 6.54. The molecular formula is C22H18ClN5OS. The molecule has 8 heteroatoms. The molecule has 0 radical (unpaired) electrons. The monoisotopic (exact) mass is 435 g/mol. The Hall–Kier alpha value is -3.16. The maximum Gasteiger partial charge on any atom is 0.236 e. The Morgan fingerprint density at radius 2 is 1.80 bits per heavy atom. The van der Waals surface area contributed by atoms with E-state index >= 15 is 0 Å². The number of carbonyl (C=O) groups is 1. The molecule has 0 saturated carbocycles. The molecule has 0 unspecified atom stereocenters. The molecule has 2 aromatic heterocycles. The van der Waals surface area contributed by atoms with E-state index in [1.807, 2.05) is 66.1 Å². The number of nitrogens with one attached hydrogen (secondary N) is 1. The van der Waals surface area contributed by atoms with Gasteiger partial charge in [-0.25, -0.2) is 4.98 Å². The van der Waals surface area contributed by atoms with E-state index in [0.29, 0.717) is 16.0 Å². The predicted molar refractivity (Wildman–Crippen MR) is 120 cm³/mol. The number of aromatic nitrogens is 4. The fraction of sp³-hybridized carbons (Fsp3) is 0.0909. The summed E-state index contributed by atoms with van der Waals surface area (Å²) in [4.78, 5) is 16.5. The van der Waals surface area contributed by atoms with Crippen molar-refractivity contribution in [2.24, 2.45) is 0 Å². The molecule has 2 aromatic carbocycles. The number of carbonyl (C=O) groups excluding carboxylic acids is 1. The SMILES string of the molecule is Cc1ccc(-c2nnc(SCC(=O)Nc3ccc(Cl)cn3)n2-c2ccccc2)cc1.